The van der Waals surface area contributed by atoms with Crippen molar-refractivity contribution in [1.29, 1.82) is 0 Å². The molecule has 2 atom stereocenters. The van der Waals surface area contributed by atoms with Crippen molar-refractivity contribution in [3.8, 4) is 0 Å². The highest BCUT2D eigenvalue weighted by atomic mass is 15.0. The molecule has 0 saturated heterocycles. The van der Waals surface area contributed by atoms with Gasteiger partial charge in [-0.15, -0.1) is 0 Å². The van der Waals surface area contributed by atoms with E-state index in [0.717, 1.165) is 6.54 Å². The molecule has 1 aliphatic carbocycles. The molecule has 1 saturated carbocycles. The average Bonchev–Trinajstić information content (AvgIpc) is 2.40. The van der Waals surface area contributed by atoms with Crippen LogP contribution >= 0.6 is 0 Å². The van der Waals surface area contributed by atoms with E-state index in [9.17, 15) is 0 Å². The predicted molar refractivity (Wildman–Crippen MR) is 81.1 cm³/mol. The molecule has 1 rings (SSSR count). The molecule has 1 fully saturated rings. The summed E-state index contributed by atoms with van der Waals surface area (Å²) in [6.07, 6.45) is 15.6. The van der Waals surface area contributed by atoms with Gasteiger partial charge in [-0.25, -0.2) is 0 Å². The molecule has 2 nitrogen and oxygen atoms in total. The van der Waals surface area contributed by atoms with Crippen LogP contribution in [0.2, 0.25) is 0 Å². The molecule has 18 heavy (non-hydrogen) atoms. The van der Waals surface area contributed by atoms with Crippen molar-refractivity contribution in [1.82, 2.24) is 10.6 Å². The number of likely N-dealkylation sites (N-methyl/N-ethyl adjacent to an activating group) is 2. The molecule has 108 valence electrons. The maximum Gasteiger partial charge on any atom is 0.0220 e. The lowest BCUT2D eigenvalue weighted by molar-refractivity contribution is 0.340. The summed E-state index contributed by atoms with van der Waals surface area (Å²) in [4.78, 5) is 0. The molecule has 0 aromatic rings. The highest BCUT2D eigenvalue weighted by molar-refractivity contribution is 4.81. The zero-order valence-corrected chi connectivity index (χ0v) is 12.6. The Morgan fingerprint density at radius 3 is 1.61 bits per heavy atom. The first-order chi connectivity index (χ1) is 8.88. The van der Waals surface area contributed by atoms with E-state index in [0.29, 0.717) is 12.1 Å². The standard InChI is InChI=1S/C16H34N2/c1-3-18-16-14-12-10-8-6-4-5-7-9-11-13-15(16)17-2/h15-18H,3-14H2,1-2H3. The predicted octanol–water partition coefficient (Wildman–Crippen LogP) is 3.86. The van der Waals surface area contributed by atoms with Crippen LogP contribution in [0.1, 0.15) is 77.6 Å². The molecule has 2 unspecified atom stereocenters. The van der Waals surface area contributed by atoms with Gasteiger partial charge in [0.2, 0.25) is 0 Å². The Kier molecular flexibility index (Phi) is 9.59. The number of hydrogen-bond acceptors (Lipinski definition) is 2. The van der Waals surface area contributed by atoms with Crippen LogP contribution in [0.5, 0.6) is 0 Å². The van der Waals surface area contributed by atoms with Gasteiger partial charge in [-0.3, -0.25) is 0 Å². The minimum absolute atomic E-state index is 0.672. The normalized spacial score (nSPS) is 29.0. The number of rotatable bonds is 3. The SMILES string of the molecule is CCNC1CCCCCCCCCCCC1NC. The summed E-state index contributed by atoms with van der Waals surface area (Å²) in [7, 11) is 2.13. The zero-order chi connectivity index (χ0) is 13.1. The van der Waals surface area contributed by atoms with Crippen molar-refractivity contribution in [2.75, 3.05) is 13.6 Å². The summed E-state index contributed by atoms with van der Waals surface area (Å²) >= 11 is 0. The Labute approximate surface area is 114 Å². The Bertz CT molecular complexity index is 182. The second-order valence-corrected chi connectivity index (χ2v) is 5.82. The maximum absolute atomic E-state index is 3.69. The third-order valence-electron chi connectivity index (χ3n) is 4.35. The van der Waals surface area contributed by atoms with Gasteiger partial charge in [0.15, 0.2) is 0 Å². The lowest BCUT2D eigenvalue weighted by atomic mass is 9.96. The third-order valence-corrected chi connectivity index (χ3v) is 4.35. The van der Waals surface area contributed by atoms with Crippen LogP contribution < -0.4 is 10.6 Å². The van der Waals surface area contributed by atoms with Crippen molar-refractivity contribution in [2.45, 2.75) is 89.6 Å². The highest BCUT2D eigenvalue weighted by Crippen LogP contribution is 2.17. The van der Waals surface area contributed by atoms with E-state index in [1.165, 1.54) is 70.6 Å². The summed E-state index contributed by atoms with van der Waals surface area (Å²) in [5.41, 5.74) is 0. The fraction of sp³-hybridized carbons (Fsp3) is 1.00. The van der Waals surface area contributed by atoms with Crippen molar-refractivity contribution in [2.24, 2.45) is 0 Å². The first-order valence-electron chi connectivity index (χ1n) is 8.29. The summed E-state index contributed by atoms with van der Waals surface area (Å²) in [5, 5.41) is 7.23. The molecular weight excluding hydrogens is 220 g/mol. The Balaban J connectivity index is 2.43. The molecule has 0 spiro atoms. The van der Waals surface area contributed by atoms with E-state index in [-0.39, 0.29) is 0 Å². The average molecular weight is 254 g/mol. The fourth-order valence-electron chi connectivity index (χ4n) is 3.22. The summed E-state index contributed by atoms with van der Waals surface area (Å²) in [6, 6.07) is 1.35. The molecule has 0 amide bonds. The van der Waals surface area contributed by atoms with E-state index in [1.807, 2.05) is 0 Å². The fourth-order valence-corrected chi connectivity index (χ4v) is 3.22. The Morgan fingerprint density at radius 2 is 1.17 bits per heavy atom. The summed E-state index contributed by atoms with van der Waals surface area (Å²) in [5.74, 6) is 0. The topological polar surface area (TPSA) is 24.1 Å². The maximum atomic E-state index is 3.69. The number of nitrogens with one attached hydrogen (secondary N) is 2. The summed E-state index contributed by atoms with van der Waals surface area (Å²) in [6.45, 7) is 3.33. The van der Waals surface area contributed by atoms with Crippen LogP contribution in [0.15, 0.2) is 0 Å². The Hall–Kier alpha value is -0.0800. The minimum Gasteiger partial charge on any atom is -0.315 e. The van der Waals surface area contributed by atoms with E-state index >= 15 is 0 Å². The van der Waals surface area contributed by atoms with Gasteiger partial charge >= 0.3 is 0 Å². The third kappa shape index (κ3) is 6.75. The quantitative estimate of drug-likeness (QED) is 0.799. The largest absolute Gasteiger partial charge is 0.315 e. The smallest absolute Gasteiger partial charge is 0.0220 e. The molecule has 2 heteroatoms. The molecule has 0 heterocycles. The van der Waals surface area contributed by atoms with Crippen molar-refractivity contribution < 1.29 is 0 Å². The van der Waals surface area contributed by atoms with Gasteiger partial charge in [0.05, 0.1) is 0 Å². The van der Waals surface area contributed by atoms with Gasteiger partial charge < -0.3 is 10.6 Å². The van der Waals surface area contributed by atoms with Crippen LogP contribution in [-0.2, 0) is 0 Å². The van der Waals surface area contributed by atoms with E-state index < -0.39 is 0 Å². The van der Waals surface area contributed by atoms with Gasteiger partial charge in [-0.2, -0.15) is 0 Å². The first kappa shape index (κ1) is 16.0. The lowest BCUT2D eigenvalue weighted by Crippen LogP contribution is -2.46. The Morgan fingerprint density at radius 1 is 0.722 bits per heavy atom. The van der Waals surface area contributed by atoms with Gasteiger partial charge in [0.1, 0.15) is 0 Å². The van der Waals surface area contributed by atoms with Crippen LogP contribution in [0.4, 0.5) is 0 Å². The van der Waals surface area contributed by atoms with Crippen molar-refractivity contribution in [3.63, 3.8) is 0 Å². The molecule has 0 bridgehead atoms. The molecular formula is C16H34N2. The van der Waals surface area contributed by atoms with E-state index in [1.54, 1.807) is 0 Å². The van der Waals surface area contributed by atoms with Crippen LogP contribution in [0, 0.1) is 0 Å². The molecule has 0 radical (unpaired) electrons. The molecule has 2 N–H and O–H groups in total. The number of hydrogen-bond donors (Lipinski definition) is 2. The highest BCUT2D eigenvalue weighted by Gasteiger charge is 2.18. The summed E-state index contributed by atoms with van der Waals surface area (Å²) < 4.78 is 0. The van der Waals surface area contributed by atoms with E-state index in [4.69, 9.17) is 0 Å². The molecule has 1 aliphatic rings. The van der Waals surface area contributed by atoms with Crippen LogP contribution in [0.25, 0.3) is 0 Å². The minimum atomic E-state index is 0.672. The molecule has 0 aromatic carbocycles. The lowest BCUT2D eigenvalue weighted by Gasteiger charge is -2.28. The van der Waals surface area contributed by atoms with Gasteiger partial charge in [-0.05, 0) is 26.4 Å². The molecule has 0 aliphatic heterocycles. The first-order valence-corrected chi connectivity index (χ1v) is 8.29. The zero-order valence-electron chi connectivity index (χ0n) is 12.6. The molecule has 0 aromatic heterocycles. The van der Waals surface area contributed by atoms with Crippen LogP contribution in [0.3, 0.4) is 0 Å². The van der Waals surface area contributed by atoms with Gasteiger partial charge in [0.25, 0.3) is 0 Å². The van der Waals surface area contributed by atoms with Crippen LogP contribution in [-0.4, -0.2) is 25.7 Å². The van der Waals surface area contributed by atoms with E-state index in [2.05, 4.69) is 24.6 Å². The second-order valence-electron chi connectivity index (χ2n) is 5.82. The monoisotopic (exact) mass is 254 g/mol. The van der Waals surface area contributed by atoms with Crippen molar-refractivity contribution >= 4 is 0 Å². The van der Waals surface area contributed by atoms with Gasteiger partial charge in [0, 0.05) is 12.1 Å². The van der Waals surface area contributed by atoms with Crippen molar-refractivity contribution in [3.05, 3.63) is 0 Å². The second kappa shape index (κ2) is 10.8. The van der Waals surface area contributed by atoms with Gasteiger partial charge in [-0.1, -0.05) is 64.7 Å².